The molecule has 0 aromatic carbocycles. The van der Waals surface area contributed by atoms with Crippen LogP contribution in [0.1, 0.15) is 17.4 Å². The minimum atomic E-state index is 0.290. The second-order valence-electron chi connectivity index (χ2n) is 5.80. The van der Waals surface area contributed by atoms with Crippen molar-refractivity contribution < 1.29 is 4.74 Å². The highest BCUT2D eigenvalue weighted by Crippen LogP contribution is 2.25. The standard InChI is InChI=1S/C17H20N4O/c1-19-7-4-5-15(19)16-13-22-10-9-20(16)11-14-12-21-8-3-2-6-17(21)18-14/h2-8,12,16H,9-11,13H2,1H3/t16-/m1/s1. The lowest BCUT2D eigenvalue weighted by Gasteiger charge is -2.35. The maximum Gasteiger partial charge on any atom is 0.137 e. The third-order valence-corrected chi connectivity index (χ3v) is 4.34. The third kappa shape index (κ3) is 2.42. The monoisotopic (exact) mass is 296 g/mol. The van der Waals surface area contributed by atoms with E-state index >= 15 is 0 Å². The molecule has 4 rings (SSSR count). The van der Waals surface area contributed by atoms with Gasteiger partial charge >= 0.3 is 0 Å². The average Bonchev–Trinajstić information content (AvgIpc) is 3.13. The molecule has 1 aliphatic heterocycles. The van der Waals surface area contributed by atoms with Crippen LogP contribution in [-0.2, 0) is 18.3 Å². The maximum atomic E-state index is 5.71. The van der Waals surface area contributed by atoms with Crippen LogP contribution in [0.25, 0.3) is 5.65 Å². The highest BCUT2D eigenvalue weighted by Gasteiger charge is 2.26. The maximum absolute atomic E-state index is 5.71. The van der Waals surface area contributed by atoms with Gasteiger partial charge in [-0.05, 0) is 24.3 Å². The SMILES string of the molecule is Cn1cccc1[C@H]1COCCN1Cc1cn2ccccc2n1. The molecule has 0 aliphatic carbocycles. The summed E-state index contributed by atoms with van der Waals surface area (Å²) in [6.45, 7) is 3.31. The molecule has 0 N–H and O–H groups in total. The summed E-state index contributed by atoms with van der Waals surface area (Å²) in [6, 6.07) is 10.6. The molecule has 0 radical (unpaired) electrons. The summed E-state index contributed by atoms with van der Waals surface area (Å²) in [5.41, 5.74) is 3.40. The number of ether oxygens (including phenoxy) is 1. The van der Waals surface area contributed by atoms with E-state index in [1.807, 2.05) is 24.4 Å². The molecule has 1 aliphatic rings. The van der Waals surface area contributed by atoms with Crippen LogP contribution in [0.5, 0.6) is 0 Å². The van der Waals surface area contributed by atoms with Crippen molar-refractivity contribution in [2.45, 2.75) is 12.6 Å². The van der Waals surface area contributed by atoms with Crippen molar-refractivity contribution in [3.05, 3.63) is 60.3 Å². The molecule has 5 nitrogen and oxygen atoms in total. The second kappa shape index (κ2) is 5.59. The number of aryl methyl sites for hydroxylation is 1. The van der Waals surface area contributed by atoms with Crippen LogP contribution < -0.4 is 0 Å². The van der Waals surface area contributed by atoms with Gasteiger partial charge in [0.2, 0.25) is 0 Å². The van der Waals surface area contributed by atoms with Crippen LogP contribution in [0.4, 0.5) is 0 Å². The minimum Gasteiger partial charge on any atom is -0.378 e. The summed E-state index contributed by atoms with van der Waals surface area (Å²) in [5.74, 6) is 0. The van der Waals surface area contributed by atoms with E-state index in [9.17, 15) is 0 Å². The van der Waals surface area contributed by atoms with Crippen LogP contribution >= 0.6 is 0 Å². The fourth-order valence-electron chi connectivity index (χ4n) is 3.19. The summed E-state index contributed by atoms with van der Waals surface area (Å²) in [7, 11) is 2.09. The molecule has 5 heteroatoms. The number of imidazole rings is 1. The Balaban J connectivity index is 1.60. The van der Waals surface area contributed by atoms with E-state index in [-0.39, 0.29) is 0 Å². The van der Waals surface area contributed by atoms with Gasteiger partial charge < -0.3 is 13.7 Å². The van der Waals surface area contributed by atoms with Crippen LogP contribution in [0.3, 0.4) is 0 Å². The first-order valence-electron chi connectivity index (χ1n) is 7.67. The van der Waals surface area contributed by atoms with Crippen molar-refractivity contribution >= 4 is 5.65 Å². The van der Waals surface area contributed by atoms with Gasteiger partial charge in [0, 0.05) is 44.4 Å². The fraction of sp³-hybridized carbons (Fsp3) is 0.353. The number of nitrogens with zero attached hydrogens (tertiary/aromatic N) is 4. The molecular formula is C17H20N4O. The lowest BCUT2D eigenvalue weighted by molar-refractivity contribution is -0.0156. The first-order valence-corrected chi connectivity index (χ1v) is 7.67. The molecule has 1 saturated heterocycles. The van der Waals surface area contributed by atoms with Crippen molar-refractivity contribution in [2.75, 3.05) is 19.8 Å². The molecule has 0 bridgehead atoms. The van der Waals surface area contributed by atoms with Gasteiger partial charge in [-0.15, -0.1) is 0 Å². The molecule has 1 fully saturated rings. The first kappa shape index (κ1) is 13.5. The topological polar surface area (TPSA) is 34.7 Å². The minimum absolute atomic E-state index is 0.290. The molecule has 22 heavy (non-hydrogen) atoms. The van der Waals surface area contributed by atoms with Gasteiger partial charge in [0.1, 0.15) is 5.65 Å². The Morgan fingerprint density at radius 1 is 1.23 bits per heavy atom. The van der Waals surface area contributed by atoms with Gasteiger partial charge in [-0.25, -0.2) is 4.98 Å². The van der Waals surface area contributed by atoms with E-state index < -0.39 is 0 Å². The Labute approximate surface area is 129 Å². The van der Waals surface area contributed by atoms with E-state index in [0.29, 0.717) is 6.04 Å². The van der Waals surface area contributed by atoms with Crippen LogP contribution in [0.15, 0.2) is 48.9 Å². The Morgan fingerprint density at radius 3 is 3.00 bits per heavy atom. The zero-order valence-electron chi connectivity index (χ0n) is 12.7. The largest absolute Gasteiger partial charge is 0.378 e. The molecule has 0 amide bonds. The summed E-state index contributed by atoms with van der Waals surface area (Å²) >= 11 is 0. The Kier molecular flexibility index (Phi) is 3.44. The zero-order chi connectivity index (χ0) is 14.9. The summed E-state index contributed by atoms with van der Waals surface area (Å²) in [5, 5.41) is 0. The van der Waals surface area contributed by atoms with E-state index in [0.717, 1.165) is 37.6 Å². The molecule has 0 spiro atoms. The molecule has 3 aromatic heterocycles. The smallest absolute Gasteiger partial charge is 0.137 e. The number of morpholine rings is 1. The highest BCUT2D eigenvalue weighted by atomic mass is 16.5. The Hall–Kier alpha value is -2.11. The lowest BCUT2D eigenvalue weighted by atomic mass is 10.1. The van der Waals surface area contributed by atoms with Crippen LogP contribution in [-0.4, -0.2) is 38.6 Å². The number of aromatic nitrogens is 3. The zero-order valence-corrected chi connectivity index (χ0v) is 12.7. The summed E-state index contributed by atoms with van der Waals surface area (Å²) in [6.07, 6.45) is 6.25. The van der Waals surface area contributed by atoms with Crippen molar-refractivity contribution in [3.8, 4) is 0 Å². The highest BCUT2D eigenvalue weighted by molar-refractivity contribution is 5.39. The second-order valence-corrected chi connectivity index (χ2v) is 5.80. The predicted molar refractivity (Wildman–Crippen MR) is 84.6 cm³/mol. The Bertz CT molecular complexity index is 743. The van der Waals surface area contributed by atoms with Crippen LogP contribution in [0, 0.1) is 0 Å². The Morgan fingerprint density at radius 2 is 2.18 bits per heavy atom. The van der Waals surface area contributed by atoms with E-state index in [1.165, 1.54) is 5.69 Å². The van der Waals surface area contributed by atoms with Gasteiger partial charge in [-0.3, -0.25) is 4.90 Å². The molecule has 4 heterocycles. The number of hydrogen-bond donors (Lipinski definition) is 0. The third-order valence-electron chi connectivity index (χ3n) is 4.34. The summed E-state index contributed by atoms with van der Waals surface area (Å²) < 4.78 is 9.96. The van der Waals surface area contributed by atoms with Gasteiger partial charge in [-0.2, -0.15) is 0 Å². The summed E-state index contributed by atoms with van der Waals surface area (Å²) in [4.78, 5) is 7.18. The quantitative estimate of drug-likeness (QED) is 0.743. The van der Waals surface area contributed by atoms with Crippen molar-refractivity contribution in [1.82, 2.24) is 18.9 Å². The predicted octanol–water partition coefficient (Wildman–Crippen LogP) is 2.25. The number of pyridine rings is 1. The molecule has 114 valence electrons. The van der Waals surface area contributed by atoms with Gasteiger partial charge in [-0.1, -0.05) is 6.07 Å². The normalized spacial score (nSPS) is 19.8. The van der Waals surface area contributed by atoms with E-state index in [2.05, 4.69) is 45.4 Å². The fourth-order valence-corrected chi connectivity index (χ4v) is 3.19. The number of hydrogen-bond acceptors (Lipinski definition) is 3. The lowest BCUT2D eigenvalue weighted by Crippen LogP contribution is -2.39. The van der Waals surface area contributed by atoms with Gasteiger partial charge in [0.05, 0.1) is 24.9 Å². The van der Waals surface area contributed by atoms with Crippen molar-refractivity contribution in [3.63, 3.8) is 0 Å². The van der Waals surface area contributed by atoms with Gasteiger partial charge in [0.25, 0.3) is 0 Å². The molecule has 0 saturated carbocycles. The number of fused-ring (bicyclic) bond motifs is 1. The average molecular weight is 296 g/mol. The van der Waals surface area contributed by atoms with Crippen molar-refractivity contribution in [1.29, 1.82) is 0 Å². The van der Waals surface area contributed by atoms with E-state index in [4.69, 9.17) is 9.72 Å². The number of rotatable bonds is 3. The molecule has 0 unspecified atom stereocenters. The molecular weight excluding hydrogens is 276 g/mol. The van der Waals surface area contributed by atoms with E-state index in [1.54, 1.807) is 0 Å². The van der Waals surface area contributed by atoms with Gasteiger partial charge in [0.15, 0.2) is 0 Å². The first-order chi connectivity index (χ1) is 10.8. The molecule has 1 atom stereocenters. The van der Waals surface area contributed by atoms with Crippen LogP contribution in [0.2, 0.25) is 0 Å². The van der Waals surface area contributed by atoms with Crippen molar-refractivity contribution in [2.24, 2.45) is 7.05 Å². The molecule has 3 aromatic rings.